The molecule has 1 atom stereocenters. The van der Waals surface area contributed by atoms with Gasteiger partial charge in [0.2, 0.25) is 0 Å². The second kappa shape index (κ2) is 14.3. The Hall–Kier alpha value is -0.260. The SMILES string of the molecule is C=CCCCC(CC)CCC.CC. The lowest BCUT2D eigenvalue weighted by Crippen LogP contribution is -1.97. The summed E-state index contributed by atoms with van der Waals surface area (Å²) >= 11 is 0. The molecule has 0 heterocycles. The van der Waals surface area contributed by atoms with Crippen LogP contribution in [0.15, 0.2) is 12.7 Å². The Kier molecular flexibility index (Phi) is 16.7. The van der Waals surface area contributed by atoms with Crippen molar-refractivity contribution in [2.75, 3.05) is 0 Å². The van der Waals surface area contributed by atoms with Crippen LogP contribution in [0.25, 0.3) is 0 Å². The van der Waals surface area contributed by atoms with Crippen LogP contribution in [0.5, 0.6) is 0 Å². The number of hydrogen-bond donors (Lipinski definition) is 0. The molecule has 0 aromatic heterocycles. The standard InChI is InChI=1S/C11H22.C2H6/c1-4-7-8-10-11(6-3)9-5-2;1-2/h4,11H,1,5-10H2,2-3H3;1-2H3. The molecule has 80 valence electrons. The van der Waals surface area contributed by atoms with E-state index >= 15 is 0 Å². The van der Waals surface area contributed by atoms with Crippen molar-refractivity contribution in [1.82, 2.24) is 0 Å². The summed E-state index contributed by atoms with van der Waals surface area (Å²) in [5.74, 6) is 0.972. The van der Waals surface area contributed by atoms with Gasteiger partial charge < -0.3 is 0 Å². The van der Waals surface area contributed by atoms with Crippen LogP contribution in [0.4, 0.5) is 0 Å². The summed E-state index contributed by atoms with van der Waals surface area (Å²) in [5, 5.41) is 0. The lowest BCUT2D eigenvalue weighted by Gasteiger charge is -2.11. The minimum Gasteiger partial charge on any atom is -0.103 e. The molecule has 0 aromatic rings. The predicted octanol–water partition coefficient (Wildman–Crippen LogP) is 5.20. The van der Waals surface area contributed by atoms with Crippen LogP contribution in [-0.2, 0) is 0 Å². The Morgan fingerprint density at radius 2 is 1.77 bits per heavy atom. The van der Waals surface area contributed by atoms with Gasteiger partial charge in [0, 0.05) is 0 Å². The average Bonchev–Trinajstić information content (AvgIpc) is 2.20. The molecule has 0 radical (unpaired) electrons. The predicted molar refractivity (Wildman–Crippen MR) is 64.1 cm³/mol. The van der Waals surface area contributed by atoms with Crippen LogP contribution in [0.1, 0.15) is 66.2 Å². The number of unbranched alkanes of at least 4 members (excludes halogenated alkanes) is 1. The molecule has 0 aliphatic heterocycles. The first-order chi connectivity index (χ1) is 6.35. The van der Waals surface area contributed by atoms with E-state index in [1.165, 1.54) is 38.5 Å². The molecule has 0 bridgehead atoms. The normalized spacial score (nSPS) is 11.4. The van der Waals surface area contributed by atoms with E-state index in [1.807, 2.05) is 19.9 Å². The Labute approximate surface area is 85.4 Å². The third-order valence-electron chi connectivity index (χ3n) is 2.29. The van der Waals surface area contributed by atoms with E-state index in [9.17, 15) is 0 Å². The summed E-state index contributed by atoms with van der Waals surface area (Å²) in [7, 11) is 0. The number of rotatable bonds is 7. The molecule has 13 heavy (non-hydrogen) atoms. The zero-order valence-electron chi connectivity index (χ0n) is 10.1. The summed E-state index contributed by atoms with van der Waals surface area (Å²) in [4.78, 5) is 0. The Morgan fingerprint density at radius 3 is 2.15 bits per heavy atom. The maximum atomic E-state index is 3.73. The van der Waals surface area contributed by atoms with Gasteiger partial charge in [0.15, 0.2) is 0 Å². The van der Waals surface area contributed by atoms with Crippen molar-refractivity contribution >= 4 is 0 Å². The summed E-state index contributed by atoms with van der Waals surface area (Å²) in [6.45, 7) is 12.3. The minimum atomic E-state index is 0.972. The van der Waals surface area contributed by atoms with Gasteiger partial charge in [-0.25, -0.2) is 0 Å². The van der Waals surface area contributed by atoms with Crippen LogP contribution in [-0.4, -0.2) is 0 Å². The van der Waals surface area contributed by atoms with Gasteiger partial charge in [-0.05, 0) is 18.8 Å². The Balaban J connectivity index is 0. The van der Waals surface area contributed by atoms with E-state index in [0.717, 1.165) is 5.92 Å². The minimum absolute atomic E-state index is 0.972. The van der Waals surface area contributed by atoms with Crippen molar-refractivity contribution in [2.24, 2.45) is 5.92 Å². The van der Waals surface area contributed by atoms with Crippen LogP contribution < -0.4 is 0 Å². The van der Waals surface area contributed by atoms with Gasteiger partial charge in [-0.1, -0.05) is 59.5 Å². The first-order valence-corrected chi connectivity index (χ1v) is 5.96. The van der Waals surface area contributed by atoms with Crippen molar-refractivity contribution in [3.05, 3.63) is 12.7 Å². The fourth-order valence-electron chi connectivity index (χ4n) is 1.51. The van der Waals surface area contributed by atoms with Gasteiger partial charge in [-0.15, -0.1) is 6.58 Å². The van der Waals surface area contributed by atoms with Crippen LogP contribution in [0.2, 0.25) is 0 Å². The first-order valence-electron chi connectivity index (χ1n) is 5.96. The number of hydrogen-bond acceptors (Lipinski definition) is 0. The smallest absolute Gasteiger partial charge is 0.0353 e. The van der Waals surface area contributed by atoms with Gasteiger partial charge in [-0.2, -0.15) is 0 Å². The first kappa shape index (κ1) is 15.2. The van der Waals surface area contributed by atoms with Gasteiger partial charge in [0.25, 0.3) is 0 Å². The molecule has 0 aliphatic rings. The third-order valence-corrected chi connectivity index (χ3v) is 2.29. The third kappa shape index (κ3) is 11.7. The van der Waals surface area contributed by atoms with Crippen molar-refractivity contribution in [1.29, 1.82) is 0 Å². The van der Waals surface area contributed by atoms with E-state index in [4.69, 9.17) is 0 Å². The molecule has 0 nitrogen and oxygen atoms in total. The molecule has 1 unspecified atom stereocenters. The maximum Gasteiger partial charge on any atom is -0.0353 e. The van der Waals surface area contributed by atoms with Crippen molar-refractivity contribution in [3.63, 3.8) is 0 Å². The van der Waals surface area contributed by atoms with Crippen LogP contribution >= 0.6 is 0 Å². The molecule has 0 saturated heterocycles. The molecule has 0 saturated carbocycles. The van der Waals surface area contributed by atoms with Gasteiger partial charge in [0.1, 0.15) is 0 Å². The molecule has 0 rings (SSSR count). The zero-order chi connectivity index (χ0) is 10.5. The average molecular weight is 184 g/mol. The quantitative estimate of drug-likeness (QED) is 0.377. The summed E-state index contributed by atoms with van der Waals surface area (Å²) in [6.07, 6.45) is 10.1. The highest BCUT2D eigenvalue weighted by molar-refractivity contribution is 4.67. The van der Waals surface area contributed by atoms with Gasteiger partial charge in [0.05, 0.1) is 0 Å². The van der Waals surface area contributed by atoms with Crippen LogP contribution in [0.3, 0.4) is 0 Å². The Morgan fingerprint density at radius 1 is 1.15 bits per heavy atom. The fourth-order valence-corrected chi connectivity index (χ4v) is 1.51. The molecule has 0 aliphatic carbocycles. The van der Waals surface area contributed by atoms with E-state index in [-0.39, 0.29) is 0 Å². The zero-order valence-corrected chi connectivity index (χ0v) is 10.1. The van der Waals surface area contributed by atoms with E-state index < -0.39 is 0 Å². The maximum absolute atomic E-state index is 3.73. The van der Waals surface area contributed by atoms with Crippen molar-refractivity contribution in [3.8, 4) is 0 Å². The van der Waals surface area contributed by atoms with E-state index in [2.05, 4.69) is 20.4 Å². The lowest BCUT2D eigenvalue weighted by molar-refractivity contribution is 0.421. The van der Waals surface area contributed by atoms with Crippen molar-refractivity contribution in [2.45, 2.75) is 66.2 Å². The lowest BCUT2D eigenvalue weighted by atomic mass is 9.95. The fraction of sp³-hybridized carbons (Fsp3) is 0.846. The molecule has 0 aromatic carbocycles. The highest BCUT2D eigenvalue weighted by Gasteiger charge is 2.02. The molecule has 0 N–H and O–H groups in total. The largest absolute Gasteiger partial charge is 0.103 e. The second-order valence-corrected chi connectivity index (χ2v) is 3.28. The van der Waals surface area contributed by atoms with Crippen LogP contribution in [0, 0.1) is 5.92 Å². The summed E-state index contributed by atoms with van der Waals surface area (Å²) < 4.78 is 0. The summed E-state index contributed by atoms with van der Waals surface area (Å²) in [6, 6.07) is 0. The summed E-state index contributed by atoms with van der Waals surface area (Å²) in [5.41, 5.74) is 0. The van der Waals surface area contributed by atoms with E-state index in [1.54, 1.807) is 0 Å². The molecule has 0 fully saturated rings. The molecule has 0 heteroatoms. The highest BCUT2D eigenvalue weighted by atomic mass is 14.1. The van der Waals surface area contributed by atoms with Gasteiger partial charge in [-0.3, -0.25) is 0 Å². The molecule has 0 amide bonds. The monoisotopic (exact) mass is 184 g/mol. The topological polar surface area (TPSA) is 0 Å². The molecular formula is C13H28. The van der Waals surface area contributed by atoms with E-state index in [0.29, 0.717) is 0 Å². The van der Waals surface area contributed by atoms with Crippen molar-refractivity contribution < 1.29 is 0 Å². The molecule has 0 spiro atoms. The molecular weight excluding hydrogens is 156 g/mol. The highest BCUT2D eigenvalue weighted by Crippen LogP contribution is 2.17. The number of allylic oxidation sites excluding steroid dienone is 1. The second-order valence-electron chi connectivity index (χ2n) is 3.28. The van der Waals surface area contributed by atoms with Gasteiger partial charge >= 0.3 is 0 Å². The Bertz CT molecular complexity index is 84.0.